The Hall–Kier alpha value is -2.04. The fourth-order valence-corrected chi connectivity index (χ4v) is 5.83. The maximum absolute atomic E-state index is 13.0. The molecule has 0 saturated heterocycles. The standard InChI is InChI=1S/C21H29N3O2/c1-20(2,24-16-6-4-3-5-7-16)19(26)23-17-14-8-13-9-15(17)12-21(10-13,11-14)18(22)25/h3-7,13-15,17,24H,8-12H2,1-2H3,(H2,22,25)(H,23,26). The minimum atomic E-state index is -0.697. The molecule has 5 rings (SSSR count). The zero-order chi connectivity index (χ0) is 18.5. The lowest BCUT2D eigenvalue weighted by molar-refractivity contribution is -0.147. The van der Waals surface area contributed by atoms with Gasteiger partial charge in [-0.1, -0.05) is 18.2 Å². The highest BCUT2D eigenvalue weighted by molar-refractivity contribution is 5.89. The number of hydrogen-bond acceptors (Lipinski definition) is 3. The predicted molar refractivity (Wildman–Crippen MR) is 101 cm³/mol. The van der Waals surface area contributed by atoms with E-state index in [1.807, 2.05) is 44.2 Å². The SMILES string of the molecule is CC(C)(Nc1ccccc1)C(=O)NC1C2CC3CC1CC(C(N)=O)(C3)C2. The quantitative estimate of drug-likeness (QED) is 0.759. The molecule has 0 radical (unpaired) electrons. The van der Waals surface area contributed by atoms with Crippen LogP contribution in [0.5, 0.6) is 0 Å². The van der Waals surface area contributed by atoms with Gasteiger partial charge >= 0.3 is 0 Å². The van der Waals surface area contributed by atoms with E-state index in [0.29, 0.717) is 17.8 Å². The van der Waals surface area contributed by atoms with Gasteiger partial charge < -0.3 is 16.4 Å². The number of benzene rings is 1. The summed E-state index contributed by atoms with van der Waals surface area (Å²) in [6, 6.07) is 9.97. The molecule has 140 valence electrons. The molecule has 4 N–H and O–H groups in total. The lowest BCUT2D eigenvalue weighted by Gasteiger charge is -2.59. The van der Waals surface area contributed by atoms with Crippen molar-refractivity contribution in [3.63, 3.8) is 0 Å². The molecule has 4 saturated carbocycles. The molecule has 1 aromatic carbocycles. The van der Waals surface area contributed by atoms with E-state index in [9.17, 15) is 9.59 Å². The molecule has 4 fully saturated rings. The van der Waals surface area contributed by atoms with Crippen LogP contribution in [0.4, 0.5) is 5.69 Å². The molecule has 4 aliphatic carbocycles. The van der Waals surface area contributed by atoms with Crippen LogP contribution in [-0.4, -0.2) is 23.4 Å². The van der Waals surface area contributed by atoms with Gasteiger partial charge in [0.15, 0.2) is 0 Å². The Labute approximate surface area is 155 Å². The largest absolute Gasteiger partial charge is 0.372 e. The van der Waals surface area contributed by atoms with E-state index in [-0.39, 0.29) is 23.3 Å². The van der Waals surface area contributed by atoms with Crippen LogP contribution in [0.25, 0.3) is 0 Å². The molecule has 0 spiro atoms. The zero-order valence-electron chi connectivity index (χ0n) is 15.6. The van der Waals surface area contributed by atoms with Crippen molar-refractivity contribution in [3.8, 4) is 0 Å². The third-order valence-electron chi connectivity index (χ3n) is 6.89. The third-order valence-corrected chi connectivity index (χ3v) is 6.89. The van der Waals surface area contributed by atoms with Crippen molar-refractivity contribution in [3.05, 3.63) is 30.3 Å². The predicted octanol–water partition coefficient (Wildman–Crippen LogP) is 2.67. The fraction of sp³-hybridized carbons (Fsp3) is 0.619. The Morgan fingerprint density at radius 2 is 1.69 bits per heavy atom. The van der Waals surface area contributed by atoms with Crippen molar-refractivity contribution in [1.82, 2.24) is 5.32 Å². The van der Waals surface area contributed by atoms with Gasteiger partial charge in [-0.15, -0.1) is 0 Å². The summed E-state index contributed by atoms with van der Waals surface area (Å²) in [6.45, 7) is 3.83. The fourth-order valence-electron chi connectivity index (χ4n) is 5.83. The van der Waals surface area contributed by atoms with E-state index >= 15 is 0 Å². The number of primary amides is 1. The molecule has 5 nitrogen and oxygen atoms in total. The van der Waals surface area contributed by atoms with Gasteiger partial charge in [0.2, 0.25) is 11.8 Å². The second-order valence-electron chi connectivity index (χ2n) is 9.23. The van der Waals surface area contributed by atoms with Gasteiger partial charge in [-0.25, -0.2) is 0 Å². The number of nitrogens with two attached hydrogens (primary N) is 1. The minimum Gasteiger partial charge on any atom is -0.372 e. The van der Waals surface area contributed by atoms with Gasteiger partial charge in [0.25, 0.3) is 0 Å². The van der Waals surface area contributed by atoms with E-state index in [1.165, 1.54) is 0 Å². The lowest BCUT2D eigenvalue weighted by atomic mass is 9.47. The topological polar surface area (TPSA) is 84.2 Å². The lowest BCUT2D eigenvalue weighted by Crippen LogP contribution is -2.64. The highest BCUT2D eigenvalue weighted by atomic mass is 16.2. The average Bonchev–Trinajstić information content (AvgIpc) is 2.57. The molecule has 26 heavy (non-hydrogen) atoms. The Morgan fingerprint density at radius 1 is 1.08 bits per heavy atom. The van der Waals surface area contributed by atoms with Crippen molar-refractivity contribution in [2.24, 2.45) is 28.9 Å². The second kappa shape index (κ2) is 6.00. The molecule has 2 atom stereocenters. The van der Waals surface area contributed by atoms with Crippen LogP contribution in [0.3, 0.4) is 0 Å². The number of para-hydroxylation sites is 1. The van der Waals surface area contributed by atoms with Crippen LogP contribution in [0, 0.1) is 23.2 Å². The Balaban J connectivity index is 1.46. The molecule has 5 heteroatoms. The van der Waals surface area contributed by atoms with Crippen LogP contribution in [0.15, 0.2) is 30.3 Å². The van der Waals surface area contributed by atoms with Crippen molar-refractivity contribution in [1.29, 1.82) is 0 Å². The van der Waals surface area contributed by atoms with Gasteiger partial charge in [0.05, 0.1) is 0 Å². The number of carbonyl (C=O) groups excluding carboxylic acids is 2. The molecule has 2 amide bonds. The summed E-state index contributed by atoms with van der Waals surface area (Å²) in [4.78, 5) is 25.1. The highest BCUT2D eigenvalue weighted by Gasteiger charge is 2.58. The maximum atomic E-state index is 13.0. The summed E-state index contributed by atoms with van der Waals surface area (Å²) in [5.41, 5.74) is 5.69. The number of hydrogen-bond donors (Lipinski definition) is 3. The molecular weight excluding hydrogens is 326 g/mol. The third kappa shape index (κ3) is 2.87. The van der Waals surface area contributed by atoms with E-state index in [1.54, 1.807) is 0 Å². The number of rotatable bonds is 5. The van der Waals surface area contributed by atoms with Gasteiger partial charge in [0.1, 0.15) is 5.54 Å². The van der Waals surface area contributed by atoms with Gasteiger partial charge in [-0.3, -0.25) is 9.59 Å². The first-order chi connectivity index (χ1) is 12.3. The average molecular weight is 355 g/mol. The number of nitrogens with one attached hydrogen (secondary N) is 2. The first-order valence-electron chi connectivity index (χ1n) is 9.73. The Kier molecular flexibility index (Phi) is 4.01. The summed E-state index contributed by atoms with van der Waals surface area (Å²) in [7, 11) is 0. The van der Waals surface area contributed by atoms with Crippen LogP contribution >= 0.6 is 0 Å². The second-order valence-corrected chi connectivity index (χ2v) is 9.23. The van der Waals surface area contributed by atoms with E-state index in [4.69, 9.17) is 5.73 Å². The molecule has 0 aliphatic heterocycles. The van der Waals surface area contributed by atoms with Crippen molar-refractivity contribution < 1.29 is 9.59 Å². The minimum absolute atomic E-state index is 0.0203. The molecule has 2 unspecified atom stereocenters. The van der Waals surface area contributed by atoms with Crippen molar-refractivity contribution >= 4 is 17.5 Å². The van der Waals surface area contributed by atoms with Crippen molar-refractivity contribution in [2.45, 2.75) is 57.5 Å². The Morgan fingerprint density at radius 3 is 2.27 bits per heavy atom. The molecule has 0 aromatic heterocycles. The smallest absolute Gasteiger partial charge is 0.245 e. The maximum Gasteiger partial charge on any atom is 0.245 e. The van der Waals surface area contributed by atoms with E-state index in [2.05, 4.69) is 10.6 Å². The summed E-state index contributed by atoms with van der Waals surface area (Å²) >= 11 is 0. The Bertz CT molecular complexity index is 699. The van der Waals surface area contributed by atoms with E-state index < -0.39 is 5.54 Å². The van der Waals surface area contributed by atoms with Gasteiger partial charge in [-0.05, 0) is 75.8 Å². The monoisotopic (exact) mass is 355 g/mol. The van der Waals surface area contributed by atoms with Crippen LogP contribution in [-0.2, 0) is 9.59 Å². The number of carbonyl (C=O) groups is 2. The molecule has 4 bridgehead atoms. The summed E-state index contributed by atoms with van der Waals surface area (Å²) in [5, 5.41) is 6.66. The molecule has 4 aliphatic rings. The summed E-state index contributed by atoms with van der Waals surface area (Å²) in [6.07, 6.45) is 4.86. The number of anilines is 1. The zero-order valence-corrected chi connectivity index (χ0v) is 15.6. The van der Waals surface area contributed by atoms with Crippen LogP contribution in [0.1, 0.15) is 46.0 Å². The van der Waals surface area contributed by atoms with Gasteiger partial charge in [-0.2, -0.15) is 0 Å². The van der Waals surface area contributed by atoms with Gasteiger partial charge in [0, 0.05) is 17.1 Å². The first-order valence-corrected chi connectivity index (χ1v) is 9.73. The van der Waals surface area contributed by atoms with Crippen LogP contribution in [0.2, 0.25) is 0 Å². The van der Waals surface area contributed by atoms with Crippen LogP contribution < -0.4 is 16.4 Å². The molecule has 1 aromatic rings. The normalized spacial score (nSPS) is 35.2. The summed E-state index contributed by atoms with van der Waals surface area (Å²) < 4.78 is 0. The van der Waals surface area contributed by atoms with E-state index in [0.717, 1.165) is 37.8 Å². The first kappa shape index (κ1) is 17.4. The number of amides is 2. The highest BCUT2D eigenvalue weighted by Crippen LogP contribution is 2.59. The summed E-state index contributed by atoms with van der Waals surface area (Å²) in [5.74, 6) is 1.25. The molecule has 0 heterocycles. The van der Waals surface area contributed by atoms with Crippen molar-refractivity contribution in [2.75, 3.05) is 5.32 Å². The molecular formula is C21H29N3O2.